The molecule has 0 aliphatic carbocycles. The van der Waals surface area contributed by atoms with Gasteiger partial charge in [-0.15, -0.1) is 0 Å². The van der Waals surface area contributed by atoms with E-state index in [0.29, 0.717) is 11.1 Å². The normalized spacial score (nSPS) is 18.2. The number of hydrogen-bond donors (Lipinski definition) is 2. The van der Waals surface area contributed by atoms with Gasteiger partial charge in [0.25, 0.3) is 11.7 Å². The molecule has 1 saturated heterocycles. The maximum atomic E-state index is 13.8. The van der Waals surface area contributed by atoms with Crippen molar-refractivity contribution in [2.45, 2.75) is 6.04 Å². The minimum Gasteiger partial charge on any atom is -0.508 e. The van der Waals surface area contributed by atoms with Crippen LogP contribution in [-0.4, -0.2) is 21.9 Å². The number of halogens is 1. The third-order valence-electron chi connectivity index (χ3n) is 4.76. The molecule has 2 N–H and O–H groups in total. The summed E-state index contributed by atoms with van der Waals surface area (Å²) in [5, 5.41) is 20.8. The van der Waals surface area contributed by atoms with Crippen LogP contribution in [0.15, 0.2) is 84.4 Å². The maximum absolute atomic E-state index is 13.8. The summed E-state index contributed by atoms with van der Waals surface area (Å²) in [6, 6.07) is 18.7. The lowest BCUT2D eigenvalue weighted by Gasteiger charge is -2.25. The second-order valence-electron chi connectivity index (χ2n) is 6.61. The van der Waals surface area contributed by atoms with Crippen molar-refractivity contribution in [3.63, 3.8) is 0 Å². The van der Waals surface area contributed by atoms with Crippen molar-refractivity contribution in [2.75, 3.05) is 4.90 Å². The molecule has 6 heteroatoms. The molecule has 1 heterocycles. The van der Waals surface area contributed by atoms with Gasteiger partial charge in [-0.1, -0.05) is 48.5 Å². The van der Waals surface area contributed by atoms with Crippen molar-refractivity contribution in [3.8, 4) is 5.75 Å². The maximum Gasteiger partial charge on any atom is 0.300 e. The molecule has 0 radical (unpaired) electrons. The number of carbonyl (C=O) groups excluding carboxylic acids is 2. The third kappa shape index (κ3) is 3.25. The zero-order valence-electron chi connectivity index (χ0n) is 15.1. The lowest BCUT2D eigenvalue weighted by Crippen LogP contribution is -2.29. The van der Waals surface area contributed by atoms with Crippen molar-refractivity contribution in [3.05, 3.63) is 101 Å². The lowest BCUT2D eigenvalue weighted by molar-refractivity contribution is -0.132. The van der Waals surface area contributed by atoms with E-state index >= 15 is 0 Å². The van der Waals surface area contributed by atoms with Crippen LogP contribution < -0.4 is 4.90 Å². The van der Waals surface area contributed by atoms with E-state index in [-0.39, 0.29) is 22.8 Å². The highest BCUT2D eigenvalue weighted by Crippen LogP contribution is 2.42. The molecule has 1 amide bonds. The highest BCUT2D eigenvalue weighted by Gasteiger charge is 2.47. The van der Waals surface area contributed by atoms with Gasteiger partial charge in [-0.05, 0) is 35.9 Å². The molecule has 144 valence electrons. The number of rotatable bonds is 3. The van der Waals surface area contributed by atoms with Gasteiger partial charge in [-0.2, -0.15) is 0 Å². The van der Waals surface area contributed by atoms with E-state index < -0.39 is 23.5 Å². The number of phenolic OH excluding ortho intramolecular Hbond substituents is 1. The molecule has 0 spiro atoms. The SMILES string of the molecule is O=C1C(=O)N(c2cccc(F)c2)C(c2cccc(O)c2)/C1=C(\O)c1ccccc1. The number of aromatic hydroxyl groups is 1. The number of aliphatic hydroxyl groups excluding tert-OH is 1. The fraction of sp³-hybridized carbons (Fsp3) is 0.0435. The molecule has 1 fully saturated rings. The van der Waals surface area contributed by atoms with E-state index in [1.165, 1.54) is 30.3 Å². The number of nitrogens with zero attached hydrogens (tertiary/aromatic N) is 1. The molecule has 0 aromatic heterocycles. The number of benzene rings is 3. The van der Waals surface area contributed by atoms with E-state index in [0.717, 1.165) is 11.0 Å². The molecule has 5 nitrogen and oxygen atoms in total. The molecule has 29 heavy (non-hydrogen) atoms. The number of Topliss-reactive ketones (excluding diaryl/α,β-unsaturated/α-hetero) is 1. The standard InChI is InChI=1S/C23H16FNO4/c24-16-9-5-10-17(13-16)25-20(15-8-4-11-18(26)12-15)19(22(28)23(25)29)21(27)14-6-2-1-3-7-14/h1-13,20,26-27H/b21-19+. The van der Waals surface area contributed by atoms with E-state index in [9.17, 15) is 24.2 Å². The summed E-state index contributed by atoms with van der Waals surface area (Å²) in [6.07, 6.45) is 0. The van der Waals surface area contributed by atoms with Crippen molar-refractivity contribution in [1.29, 1.82) is 0 Å². The third-order valence-corrected chi connectivity index (χ3v) is 4.76. The van der Waals surface area contributed by atoms with Gasteiger partial charge in [0.1, 0.15) is 17.3 Å². The second kappa shape index (κ2) is 7.24. The van der Waals surface area contributed by atoms with Crippen molar-refractivity contribution in [2.24, 2.45) is 0 Å². The Labute approximate surface area is 166 Å². The first-order chi connectivity index (χ1) is 14.0. The Hall–Kier alpha value is -3.93. The largest absolute Gasteiger partial charge is 0.508 e. The summed E-state index contributed by atoms with van der Waals surface area (Å²) in [6.45, 7) is 0. The summed E-state index contributed by atoms with van der Waals surface area (Å²) < 4.78 is 13.8. The van der Waals surface area contributed by atoms with Crippen LogP contribution in [-0.2, 0) is 9.59 Å². The molecule has 1 unspecified atom stereocenters. The fourth-order valence-electron chi connectivity index (χ4n) is 3.49. The Bertz CT molecular complexity index is 1140. The molecule has 3 aromatic carbocycles. The summed E-state index contributed by atoms with van der Waals surface area (Å²) in [5.41, 5.74) is 0.824. The Morgan fingerprint density at radius 2 is 1.62 bits per heavy atom. The highest BCUT2D eigenvalue weighted by atomic mass is 19.1. The molecule has 4 rings (SSSR count). The molecule has 1 atom stereocenters. The van der Waals surface area contributed by atoms with Gasteiger partial charge >= 0.3 is 0 Å². The van der Waals surface area contributed by atoms with Crippen LogP contribution in [0.4, 0.5) is 10.1 Å². The number of carbonyl (C=O) groups is 2. The first-order valence-corrected chi connectivity index (χ1v) is 8.88. The summed E-state index contributed by atoms with van der Waals surface area (Å²) >= 11 is 0. The molecular weight excluding hydrogens is 373 g/mol. The van der Waals surface area contributed by atoms with Gasteiger partial charge in [-0.25, -0.2) is 4.39 Å². The Morgan fingerprint density at radius 3 is 2.31 bits per heavy atom. The molecule has 0 bridgehead atoms. The average Bonchev–Trinajstić information content (AvgIpc) is 2.99. The summed E-state index contributed by atoms with van der Waals surface area (Å²) in [5.74, 6) is -2.74. The van der Waals surface area contributed by atoms with E-state index in [4.69, 9.17) is 0 Å². The molecule has 3 aromatic rings. The first kappa shape index (κ1) is 18.4. The predicted octanol–water partition coefficient (Wildman–Crippen LogP) is 4.16. The highest BCUT2D eigenvalue weighted by molar-refractivity contribution is 6.51. The van der Waals surface area contributed by atoms with Crippen LogP contribution in [0.25, 0.3) is 5.76 Å². The molecular formula is C23H16FNO4. The van der Waals surface area contributed by atoms with Gasteiger partial charge in [0, 0.05) is 11.3 Å². The Morgan fingerprint density at radius 1 is 0.897 bits per heavy atom. The van der Waals surface area contributed by atoms with Gasteiger partial charge in [0.2, 0.25) is 0 Å². The lowest BCUT2D eigenvalue weighted by atomic mass is 9.95. The van der Waals surface area contributed by atoms with Gasteiger partial charge in [0.15, 0.2) is 0 Å². The summed E-state index contributed by atoms with van der Waals surface area (Å²) in [4.78, 5) is 26.9. The van der Waals surface area contributed by atoms with E-state index in [1.807, 2.05) is 0 Å². The van der Waals surface area contributed by atoms with Crippen molar-refractivity contribution < 1.29 is 24.2 Å². The monoisotopic (exact) mass is 389 g/mol. The van der Waals surface area contributed by atoms with Crippen molar-refractivity contribution >= 4 is 23.1 Å². The minimum atomic E-state index is -1.02. The first-order valence-electron chi connectivity index (χ1n) is 8.88. The fourth-order valence-corrected chi connectivity index (χ4v) is 3.49. The van der Waals surface area contributed by atoms with E-state index in [2.05, 4.69) is 0 Å². The quantitative estimate of drug-likeness (QED) is 0.401. The van der Waals surface area contributed by atoms with Crippen LogP contribution >= 0.6 is 0 Å². The number of phenols is 1. The molecule has 1 aliphatic rings. The minimum absolute atomic E-state index is 0.0629. The van der Waals surface area contributed by atoms with Crippen LogP contribution in [0.2, 0.25) is 0 Å². The second-order valence-corrected chi connectivity index (χ2v) is 6.61. The zero-order valence-corrected chi connectivity index (χ0v) is 15.1. The summed E-state index contributed by atoms with van der Waals surface area (Å²) in [7, 11) is 0. The van der Waals surface area contributed by atoms with Crippen LogP contribution in [0.3, 0.4) is 0 Å². The zero-order chi connectivity index (χ0) is 20.5. The number of ketones is 1. The molecule has 1 aliphatic heterocycles. The smallest absolute Gasteiger partial charge is 0.300 e. The number of amides is 1. The Balaban J connectivity index is 1.97. The average molecular weight is 389 g/mol. The number of aliphatic hydroxyl groups is 1. The number of hydrogen-bond acceptors (Lipinski definition) is 4. The van der Waals surface area contributed by atoms with E-state index in [1.54, 1.807) is 42.5 Å². The number of anilines is 1. The van der Waals surface area contributed by atoms with Gasteiger partial charge in [-0.3, -0.25) is 14.5 Å². The molecule has 0 saturated carbocycles. The van der Waals surface area contributed by atoms with Crippen molar-refractivity contribution in [1.82, 2.24) is 0 Å². The van der Waals surface area contributed by atoms with Gasteiger partial charge < -0.3 is 10.2 Å². The van der Waals surface area contributed by atoms with Crippen LogP contribution in [0.5, 0.6) is 5.75 Å². The topological polar surface area (TPSA) is 77.8 Å². The van der Waals surface area contributed by atoms with Crippen LogP contribution in [0, 0.1) is 5.82 Å². The van der Waals surface area contributed by atoms with Gasteiger partial charge in [0.05, 0.1) is 11.6 Å². The van der Waals surface area contributed by atoms with Crippen LogP contribution in [0.1, 0.15) is 17.2 Å². The Kier molecular flexibility index (Phi) is 4.60. The predicted molar refractivity (Wildman–Crippen MR) is 106 cm³/mol.